The molecule has 8 heteroatoms. The van der Waals surface area contributed by atoms with Crippen LogP contribution in [0.25, 0.3) is 0 Å². The van der Waals surface area contributed by atoms with Crippen molar-refractivity contribution in [2.24, 2.45) is 0 Å². The van der Waals surface area contributed by atoms with Gasteiger partial charge in [0.15, 0.2) is 0 Å². The van der Waals surface area contributed by atoms with Crippen LogP contribution < -0.4 is 14.4 Å². The number of para-hydroxylation sites is 1. The molecule has 0 spiro atoms. The molecule has 0 atom stereocenters. The summed E-state index contributed by atoms with van der Waals surface area (Å²) in [5.74, 6) is 0.917. The van der Waals surface area contributed by atoms with Gasteiger partial charge in [0.2, 0.25) is 5.91 Å². The van der Waals surface area contributed by atoms with Gasteiger partial charge in [-0.2, -0.15) is 0 Å². The first-order valence-electron chi connectivity index (χ1n) is 11.7. The molecule has 37 heavy (non-hydrogen) atoms. The van der Waals surface area contributed by atoms with Crippen molar-refractivity contribution in [3.05, 3.63) is 114 Å². The fraction of sp³-hybridized carbons (Fsp3) is 0.138. The van der Waals surface area contributed by atoms with Crippen molar-refractivity contribution in [3.8, 4) is 5.75 Å². The Morgan fingerprint density at radius 2 is 1.54 bits per heavy atom. The number of carbonyl (C=O) groups is 1. The van der Waals surface area contributed by atoms with Crippen LogP contribution in [0.4, 0.5) is 11.4 Å². The van der Waals surface area contributed by atoms with Crippen LogP contribution in [-0.4, -0.2) is 28.0 Å². The highest BCUT2D eigenvalue weighted by molar-refractivity contribution is 7.98. The van der Waals surface area contributed by atoms with Crippen LogP contribution in [0, 0.1) is 6.92 Å². The summed E-state index contributed by atoms with van der Waals surface area (Å²) in [6, 6.07) is 30.7. The number of benzene rings is 4. The van der Waals surface area contributed by atoms with E-state index in [1.807, 2.05) is 43.3 Å². The smallest absolute Gasteiger partial charge is 0.264 e. The Labute approximate surface area is 222 Å². The molecule has 4 aromatic rings. The van der Waals surface area contributed by atoms with Gasteiger partial charge >= 0.3 is 0 Å². The van der Waals surface area contributed by atoms with E-state index in [9.17, 15) is 13.2 Å². The predicted octanol–water partition coefficient (Wildman–Crippen LogP) is 6.13. The molecular formula is C29H28N2O4S2. The number of anilines is 2. The molecule has 1 amide bonds. The predicted molar refractivity (Wildman–Crippen MR) is 150 cm³/mol. The number of hydrogen-bond donors (Lipinski definition) is 1. The van der Waals surface area contributed by atoms with Crippen LogP contribution in [0.3, 0.4) is 0 Å². The lowest BCUT2D eigenvalue weighted by Crippen LogP contribution is -2.38. The van der Waals surface area contributed by atoms with Crippen molar-refractivity contribution in [1.82, 2.24) is 0 Å². The first kappa shape index (κ1) is 26.3. The minimum absolute atomic E-state index is 0.0707. The third-order valence-corrected chi connectivity index (χ3v) is 8.56. The molecule has 0 aliphatic heterocycles. The zero-order valence-electron chi connectivity index (χ0n) is 20.6. The number of aryl methyl sites for hydroxylation is 1. The number of rotatable bonds is 10. The standard InChI is InChI=1S/C29H28N2O4S2/c1-22-19-23(21-36-26-11-7-4-8-12-26)13-18-28(22)30-29(32)20-31(24-9-5-3-6-10-24)37(33,34)27-16-14-25(35-2)15-17-27/h3-19H,20-21H2,1-2H3,(H,30,32). The maximum atomic E-state index is 13.5. The first-order valence-corrected chi connectivity index (χ1v) is 14.1. The van der Waals surface area contributed by atoms with E-state index in [1.165, 1.54) is 24.1 Å². The molecule has 4 aromatic carbocycles. The van der Waals surface area contributed by atoms with Crippen molar-refractivity contribution in [2.75, 3.05) is 23.3 Å². The summed E-state index contributed by atoms with van der Waals surface area (Å²) in [6.07, 6.45) is 0. The summed E-state index contributed by atoms with van der Waals surface area (Å²) in [6.45, 7) is 1.55. The molecule has 0 saturated carbocycles. The van der Waals surface area contributed by atoms with Gasteiger partial charge in [-0.05, 0) is 72.6 Å². The van der Waals surface area contributed by atoms with E-state index in [0.29, 0.717) is 17.1 Å². The Kier molecular flexibility index (Phi) is 8.53. The van der Waals surface area contributed by atoms with Crippen LogP contribution in [0.15, 0.2) is 113 Å². The number of nitrogens with one attached hydrogen (secondary N) is 1. The summed E-state index contributed by atoms with van der Waals surface area (Å²) in [4.78, 5) is 14.3. The monoisotopic (exact) mass is 532 g/mol. The maximum Gasteiger partial charge on any atom is 0.264 e. The fourth-order valence-corrected chi connectivity index (χ4v) is 6.03. The van der Waals surface area contributed by atoms with E-state index in [4.69, 9.17) is 4.74 Å². The minimum atomic E-state index is -4.00. The van der Waals surface area contributed by atoms with Gasteiger partial charge in [-0.25, -0.2) is 8.42 Å². The largest absolute Gasteiger partial charge is 0.497 e. The molecule has 4 rings (SSSR count). The second-order valence-corrected chi connectivity index (χ2v) is 11.2. The van der Waals surface area contributed by atoms with Gasteiger partial charge < -0.3 is 10.1 Å². The van der Waals surface area contributed by atoms with E-state index >= 15 is 0 Å². The molecule has 1 N–H and O–H groups in total. The summed E-state index contributed by atoms with van der Waals surface area (Å²) >= 11 is 1.74. The number of thioether (sulfide) groups is 1. The number of hydrogen-bond acceptors (Lipinski definition) is 5. The topological polar surface area (TPSA) is 75.7 Å². The molecule has 0 radical (unpaired) electrons. The number of ether oxygens (including phenoxy) is 1. The van der Waals surface area contributed by atoms with Crippen LogP contribution >= 0.6 is 11.8 Å². The minimum Gasteiger partial charge on any atom is -0.497 e. The highest BCUT2D eigenvalue weighted by Gasteiger charge is 2.27. The number of carbonyl (C=O) groups excluding carboxylic acids is 1. The molecule has 6 nitrogen and oxygen atoms in total. The lowest BCUT2D eigenvalue weighted by Gasteiger charge is -2.24. The van der Waals surface area contributed by atoms with Crippen LogP contribution in [0.1, 0.15) is 11.1 Å². The summed E-state index contributed by atoms with van der Waals surface area (Å²) < 4.78 is 33.3. The molecule has 0 unspecified atom stereocenters. The molecule has 0 aliphatic carbocycles. The third-order valence-electron chi connectivity index (χ3n) is 5.69. The van der Waals surface area contributed by atoms with Gasteiger partial charge in [0.1, 0.15) is 12.3 Å². The molecule has 0 fully saturated rings. The Bertz CT molecular complexity index is 1440. The number of sulfonamides is 1. The molecule has 190 valence electrons. The number of nitrogens with zero attached hydrogens (tertiary/aromatic N) is 1. The van der Waals surface area contributed by atoms with Gasteiger partial charge in [-0.1, -0.05) is 48.5 Å². The van der Waals surface area contributed by atoms with E-state index in [-0.39, 0.29) is 11.4 Å². The lowest BCUT2D eigenvalue weighted by atomic mass is 10.1. The van der Waals surface area contributed by atoms with Crippen LogP contribution in [-0.2, 0) is 20.6 Å². The summed E-state index contributed by atoms with van der Waals surface area (Å²) in [5, 5.41) is 2.88. The molecule has 0 aromatic heterocycles. The van der Waals surface area contributed by atoms with E-state index in [2.05, 4.69) is 17.4 Å². The van der Waals surface area contributed by atoms with Gasteiger partial charge in [0.25, 0.3) is 10.0 Å². The van der Waals surface area contributed by atoms with Gasteiger partial charge in [-0.3, -0.25) is 9.10 Å². The molecule has 0 aliphatic rings. The molecular weight excluding hydrogens is 504 g/mol. The maximum absolute atomic E-state index is 13.5. The van der Waals surface area contributed by atoms with Crippen molar-refractivity contribution < 1.29 is 17.9 Å². The Morgan fingerprint density at radius 1 is 0.892 bits per heavy atom. The second kappa shape index (κ2) is 12.0. The Hall–Kier alpha value is -3.75. The fourth-order valence-electron chi connectivity index (χ4n) is 3.74. The van der Waals surface area contributed by atoms with Gasteiger partial charge in [0, 0.05) is 16.3 Å². The lowest BCUT2D eigenvalue weighted by molar-refractivity contribution is -0.114. The molecule has 0 heterocycles. The zero-order valence-corrected chi connectivity index (χ0v) is 22.3. The summed E-state index contributed by atoms with van der Waals surface area (Å²) in [7, 11) is -2.49. The average molecular weight is 533 g/mol. The Balaban J connectivity index is 1.50. The highest BCUT2D eigenvalue weighted by Crippen LogP contribution is 2.27. The van der Waals surface area contributed by atoms with E-state index in [1.54, 1.807) is 54.2 Å². The van der Waals surface area contributed by atoms with Crippen molar-refractivity contribution in [1.29, 1.82) is 0 Å². The number of methoxy groups -OCH3 is 1. The van der Waals surface area contributed by atoms with Crippen molar-refractivity contribution >= 4 is 39.1 Å². The van der Waals surface area contributed by atoms with Crippen LogP contribution in [0.2, 0.25) is 0 Å². The SMILES string of the molecule is COc1ccc(S(=O)(=O)N(CC(=O)Nc2ccc(CSc3ccccc3)cc2C)c2ccccc2)cc1. The van der Waals surface area contributed by atoms with Gasteiger partial charge in [0.05, 0.1) is 17.7 Å². The molecule has 0 bridgehead atoms. The van der Waals surface area contributed by atoms with Crippen molar-refractivity contribution in [2.45, 2.75) is 22.5 Å². The highest BCUT2D eigenvalue weighted by atomic mass is 32.2. The van der Waals surface area contributed by atoms with Crippen molar-refractivity contribution in [3.63, 3.8) is 0 Å². The second-order valence-electron chi connectivity index (χ2n) is 8.32. The molecule has 0 saturated heterocycles. The van der Waals surface area contributed by atoms with E-state index < -0.39 is 15.9 Å². The third kappa shape index (κ3) is 6.72. The summed E-state index contributed by atoms with van der Waals surface area (Å²) in [5.41, 5.74) is 3.09. The van der Waals surface area contributed by atoms with E-state index in [0.717, 1.165) is 21.2 Å². The van der Waals surface area contributed by atoms with Crippen LogP contribution in [0.5, 0.6) is 5.75 Å². The Morgan fingerprint density at radius 3 is 2.16 bits per heavy atom. The normalized spacial score (nSPS) is 11.1. The quantitative estimate of drug-likeness (QED) is 0.249. The first-order chi connectivity index (χ1) is 17.9. The average Bonchev–Trinajstić information content (AvgIpc) is 2.93. The van der Waals surface area contributed by atoms with Gasteiger partial charge in [-0.15, -0.1) is 11.8 Å². The number of amides is 1. The zero-order chi connectivity index (χ0) is 26.3.